The van der Waals surface area contributed by atoms with Crippen molar-refractivity contribution >= 4 is 146 Å². The van der Waals surface area contributed by atoms with Gasteiger partial charge in [-0.05, 0) is 88.8 Å². The van der Waals surface area contributed by atoms with Crippen molar-refractivity contribution in [2.75, 3.05) is 0 Å². The highest BCUT2D eigenvalue weighted by Crippen LogP contribution is 2.54. The van der Waals surface area contributed by atoms with E-state index in [4.69, 9.17) is 9.26 Å². The molecule has 0 fully saturated rings. The zero-order chi connectivity index (χ0) is 57.3. The third kappa shape index (κ3) is 6.48. The van der Waals surface area contributed by atoms with Gasteiger partial charge in [0.25, 0.3) is 0 Å². The lowest BCUT2D eigenvalue weighted by molar-refractivity contribution is 0.591. The molecule has 0 aliphatic rings. The SMILES string of the molecule is [C-]#[N+]c1c(-n2c3ccccc3c3ccccc32)c(-n2c3ccc(C(C)(C)C)cc3c3ccc4c5ccccc5oc4c32)c(-n2c3ccccc3c3ccccc32)c(C#N)c1-n1c2ccc(-c3ccccc3)cc2c2ccc3c4ccccc4sc3c21. The summed E-state index contributed by atoms with van der Waals surface area (Å²) in [5, 5.41) is 25.5. The van der Waals surface area contributed by atoms with Crippen molar-refractivity contribution in [3.05, 3.63) is 259 Å². The van der Waals surface area contributed by atoms with Gasteiger partial charge in [0.05, 0.1) is 83.7 Å². The molecule has 6 heterocycles. The summed E-state index contributed by atoms with van der Waals surface area (Å²) < 4.78 is 18.8. The Hall–Kier alpha value is -11.2. The van der Waals surface area contributed by atoms with Crippen LogP contribution in [0, 0.1) is 17.9 Å². The maximum absolute atomic E-state index is 13.0. The molecule has 0 atom stereocenters. The van der Waals surface area contributed by atoms with Gasteiger partial charge in [-0.15, -0.1) is 11.3 Å². The minimum absolute atomic E-state index is 0.189. The number of aromatic nitrogens is 4. The number of para-hydroxylation sites is 5. The van der Waals surface area contributed by atoms with Crippen molar-refractivity contribution in [3.8, 4) is 39.9 Å². The van der Waals surface area contributed by atoms with Gasteiger partial charge in [-0.3, -0.25) is 0 Å². The largest absolute Gasteiger partial charge is 0.454 e. The first-order valence-electron chi connectivity index (χ1n) is 29.1. The molecule has 8 heteroatoms. The molecule has 402 valence electrons. The quantitative estimate of drug-likeness (QED) is 0.161. The van der Waals surface area contributed by atoms with Crippen molar-refractivity contribution in [2.24, 2.45) is 0 Å². The van der Waals surface area contributed by atoms with Gasteiger partial charge in [-0.2, -0.15) is 5.26 Å². The summed E-state index contributed by atoms with van der Waals surface area (Å²) in [7, 11) is 0. The molecular weight excluding hydrogens is 1070 g/mol. The zero-order valence-electron chi connectivity index (χ0n) is 47.0. The Morgan fingerprint density at radius 1 is 0.407 bits per heavy atom. The second-order valence-electron chi connectivity index (χ2n) is 23.7. The monoisotopic (exact) mass is 1120 g/mol. The predicted molar refractivity (Wildman–Crippen MR) is 359 cm³/mol. The highest BCUT2D eigenvalue weighted by Gasteiger charge is 2.36. The lowest BCUT2D eigenvalue weighted by atomic mass is 9.86. The van der Waals surface area contributed by atoms with Crippen molar-refractivity contribution in [1.82, 2.24) is 18.3 Å². The van der Waals surface area contributed by atoms with E-state index in [1.165, 1.54) is 5.56 Å². The van der Waals surface area contributed by atoms with Crippen LogP contribution < -0.4 is 0 Å². The first kappa shape index (κ1) is 48.4. The van der Waals surface area contributed by atoms with E-state index in [2.05, 4.69) is 270 Å². The molecule has 0 saturated carbocycles. The summed E-state index contributed by atoms with van der Waals surface area (Å²) >= 11 is 1.76. The molecule has 0 aliphatic heterocycles. The Labute approximate surface area is 496 Å². The van der Waals surface area contributed by atoms with Crippen LogP contribution in [0.1, 0.15) is 31.9 Å². The summed E-state index contributed by atoms with van der Waals surface area (Å²) in [6.45, 7) is 16.9. The Balaban J connectivity index is 1.16. The number of benzene rings is 12. The van der Waals surface area contributed by atoms with Crippen LogP contribution in [0.25, 0.3) is 168 Å². The summed E-state index contributed by atoms with van der Waals surface area (Å²) in [6.07, 6.45) is 0. The molecule has 18 aromatic rings. The predicted octanol–water partition coefficient (Wildman–Crippen LogP) is 21.7. The Morgan fingerprint density at radius 2 is 0.907 bits per heavy atom. The Bertz CT molecular complexity index is 5840. The van der Waals surface area contributed by atoms with Gasteiger partial charge in [-0.25, -0.2) is 4.85 Å². The van der Waals surface area contributed by atoms with E-state index in [1.54, 1.807) is 11.3 Å². The maximum atomic E-state index is 13.0. The average Bonchev–Trinajstić information content (AvgIpc) is 1.49. The van der Waals surface area contributed by atoms with Gasteiger partial charge in [0.2, 0.25) is 5.69 Å². The van der Waals surface area contributed by atoms with E-state index < -0.39 is 0 Å². The van der Waals surface area contributed by atoms with E-state index >= 15 is 0 Å². The second-order valence-corrected chi connectivity index (χ2v) is 24.8. The Kier molecular flexibility index (Phi) is 9.95. The lowest BCUT2D eigenvalue weighted by Gasteiger charge is -2.27. The standard InChI is InChI=1S/C78H48N6OS/c1-78(2,3)47-35-41-66-59(43-47)54-36-38-56-52-26-12-18-32-67(52)85-76(56)72(54)84(66)75-71(81-61-28-14-8-22-48(61)49-23-9-15-29-62(49)81)60(44-79)70(69(80-4)74(75)82-63-30-16-10-24-50(63)51-25-11-17-31-64(51)82)83-65-40-34-46(45-20-6-5-7-21-45)42-58(65)55-37-39-57-53-27-13-19-33-68(53)86-77(57)73(55)83/h5-43H,1-3H3. The first-order chi connectivity index (χ1) is 42.3. The van der Waals surface area contributed by atoms with Gasteiger partial charge in [0, 0.05) is 69.3 Å². The number of nitrogens with zero attached hydrogens (tertiary/aromatic N) is 6. The molecule has 0 amide bonds. The fraction of sp³-hybridized carbons (Fsp3) is 0.0513. The van der Waals surface area contributed by atoms with Crippen LogP contribution in [0.2, 0.25) is 0 Å². The van der Waals surface area contributed by atoms with E-state index in [0.717, 1.165) is 135 Å². The zero-order valence-corrected chi connectivity index (χ0v) is 47.8. The van der Waals surface area contributed by atoms with Gasteiger partial charge in [-0.1, -0.05) is 191 Å². The first-order valence-corrected chi connectivity index (χ1v) is 29.9. The molecule has 0 saturated heterocycles. The third-order valence-electron chi connectivity index (χ3n) is 18.2. The van der Waals surface area contributed by atoms with Crippen molar-refractivity contribution in [3.63, 3.8) is 0 Å². The molecule has 0 radical (unpaired) electrons. The van der Waals surface area contributed by atoms with Gasteiger partial charge in [0.1, 0.15) is 11.7 Å². The normalized spacial score (nSPS) is 12.3. The number of hydrogen-bond acceptors (Lipinski definition) is 3. The number of hydrogen-bond donors (Lipinski definition) is 0. The van der Waals surface area contributed by atoms with Crippen LogP contribution in [0.15, 0.2) is 241 Å². The van der Waals surface area contributed by atoms with Crippen LogP contribution in [0.5, 0.6) is 0 Å². The van der Waals surface area contributed by atoms with Crippen LogP contribution in [0.4, 0.5) is 5.69 Å². The van der Waals surface area contributed by atoms with E-state index in [-0.39, 0.29) is 5.41 Å². The highest BCUT2D eigenvalue weighted by atomic mass is 32.1. The molecule has 18 rings (SSSR count). The molecule has 0 unspecified atom stereocenters. The maximum Gasteiger partial charge on any atom is 0.237 e. The summed E-state index contributed by atoms with van der Waals surface area (Å²) in [5.41, 5.74) is 15.1. The summed E-state index contributed by atoms with van der Waals surface area (Å²) in [5.74, 6) is 0. The second kappa shape index (κ2) is 17.7. The smallest absolute Gasteiger partial charge is 0.237 e. The van der Waals surface area contributed by atoms with E-state index in [0.29, 0.717) is 39.6 Å². The average molecular weight is 1120 g/mol. The molecule has 0 aliphatic carbocycles. The topological polar surface area (TPSA) is 61.0 Å². The Morgan fingerprint density at radius 3 is 1.53 bits per heavy atom. The van der Waals surface area contributed by atoms with Gasteiger partial charge >= 0.3 is 0 Å². The molecule has 0 bridgehead atoms. The third-order valence-corrected chi connectivity index (χ3v) is 19.4. The fourth-order valence-electron chi connectivity index (χ4n) is 14.4. The van der Waals surface area contributed by atoms with Gasteiger partial charge < -0.3 is 22.7 Å². The molecule has 7 nitrogen and oxygen atoms in total. The molecular formula is C78H48N6OS. The van der Waals surface area contributed by atoms with Crippen molar-refractivity contribution < 1.29 is 4.42 Å². The molecule has 0 spiro atoms. The number of nitriles is 1. The van der Waals surface area contributed by atoms with Crippen molar-refractivity contribution in [1.29, 1.82) is 5.26 Å². The van der Waals surface area contributed by atoms with Crippen molar-refractivity contribution in [2.45, 2.75) is 26.2 Å². The van der Waals surface area contributed by atoms with Crippen LogP contribution in [-0.2, 0) is 5.41 Å². The molecule has 86 heavy (non-hydrogen) atoms. The van der Waals surface area contributed by atoms with E-state index in [1.807, 2.05) is 12.1 Å². The number of thiophene rings is 1. The molecule has 0 N–H and O–H groups in total. The summed E-state index contributed by atoms with van der Waals surface area (Å²) in [6, 6.07) is 87.1. The molecule has 12 aromatic carbocycles. The number of fused-ring (bicyclic) bond motifs is 20. The lowest BCUT2D eigenvalue weighted by Crippen LogP contribution is -2.15. The van der Waals surface area contributed by atoms with Crippen LogP contribution >= 0.6 is 11.3 Å². The van der Waals surface area contributed by atoms with Crippen LogP contribution in [-0.4, -0.2) is 18.3 Å². The molecule has 6 aromatic heterocycles. The van der Waals surface area contributed by atoms with E-state index in [9.17, 15) is 11.8 Å². The van der Waals surface area contributed by atoms with Gasteiger partial charge in [0.15, 0.2) is 5.58 Å². The number of furan rings is 1. The fourth-order valence-corrected chi connectivity index (χ4v) is 15.6. The number of rotatable bonds is 5. The highest BCUT2D eigenvalue weighted by molar-refractivity contribution is 7.26. The van der Waals surface area contributed by atoms with Crippen LogP contribution in [0.3, 0.4) is 0 Å². The minimum atomic E-state index is -0.189. The summed E-state index contributed by atoms with van der Waals surface area (Å²) in [4.78, 5) is 4.94. The minimum Gasteiger partial charge on any atom is -0.454 e.